The summed E-state index contributed by atoms with van der Waals surface area (Å²) in [5.74, 6) is 0. The first-order valence-electron chi connectivity index (χ1n) is 2.30. The summed E-state index contributed by atoms with van der Waals surface area (Å²) in [7, 11) is 1.61. The molecule has 0 spiro atoms. The van der Waals surface area contributed by atoms with Crippen LogP contribution in [0.25, 0.3) is 0 Å². The van der Waals surface area contributed by atoms with E-state index in [-0.39, 0.29) is 6.61 Å². The highest BCUT2D eigenvalue weighted by atomic mass is 16.3. The Bertz CT molecular complexity index is 74.4. The van der Waals surface area contributed by atoms with Gasteiger partial charge in [-0.3, -0.25) is 0 Å². The van der Waals surface area contributed by atoms with Crippen LogP contribution in [0.3, 0.4) is 0 Å². The molecule has 3 N–H and O–H groups in total. The van der Waals surface area contributed by atoms with Crippen molar-refractivity contribution in [1.29, 1.82) is 0 Å². The Kier molecular flexibility index (Phi) is 4.20. The highest BCUT2D eigenvalue weighted by molar-refractivity contribution is 5.62. The van der Waals surface area contributed by atoms with Crippen LogP contribution >= 0.6 is 0 Å². The van der Waals surface area contributed by atoms with Crippen molar-refractivity contribution < 1.29 is 10.2 Å². The van der Waals surface area contributed by atoms with Crippen LogP contribution in [0.1, 0.15) is 0 Å². The van der Waals surface area contributed by atoms with Gasteiger partial charge in [-0.2, -0.15) is 5.10 Å². The van der Waals surface area contributed by atoms with Crippen LogP contribution in [0.2, 0.25) is 0 Å². The molecule has 0 aliphatic heterocycles. The fourth-order valence-electron chi connectivity index (χ4n) is 0.208. The molecule has 0 unspecified atom stereocenters. The molecule has 0 aromatic heterocycles. The van der Waals surface area contributed by atoms with Crippen molar-refractivity contribution in [2.75, 3.05) is 13.7 Å². The smallest absolute Gasteiger partial charge is 0.114 e. The Morgan fingerprint density at radius 3 is 2.88 bits per heavy atom. The molecule has 0 saturated heterocycles. The van der Waals surface area contributed by atoms with E-state index in [4.69, 9.17) is 10.2 Å². The molecule has 0 fully saturated rings. The van der Waals surface area contributed by atoms with Crippen molar-refractivity contribution >= 4 is 6.21 Å². The van der Waals surface area contributed by atoms with E-state index in [9.17, 15) is 0 Å². The van der Waals surface area contributed by atoms with E-state index < -0.39 is 6.10 Å². The number of nitrogens with one attached hydrogen (secondary N) is 1. The number of nitrogens with zero attached hydrogens (tertiary/aromatic N) is 1. The second-order valence-electron chi connectivity index (χ2n) is 1.25. The molecule has 0 aliphatic carbocycles. The van der Waals surface area contributed by atoms with Crippen LogP contribution in [0.15, 0.2) is 5.10 Å². The third-order valence-electron chi connectivity index (χ3n) is 0.563. The standard InChI is InChI=1S/C4H10N2O2/c1-5-6-2-4(8)3-7/h2,4-5,7-8H,3H2,1H3/b6-2+/t4-/m0/s1. The van der Waals surface area contributed by atoms with Crippen molar-refractivity contribution in [2.45, 2.75) is 6.10 Å². The average molecular weight is 118 g/mol. The van der Waals surface area contributed by atoms with Gasteiger partial charge < -0.3 is 15.6 Å². The minimum atomic E-state index is -0.845. The summed E-state index contributed by atoms with van der Waals surface area (Å²) in [5, 5.41) is 20.2. The molecular weight excluding hydrogens is 108 g/mol. The van der Waals surface area contributed by atoms with E-state index in [2.05, 4.69) is 10.5 Å². The zero-order valence-electron chi connectivity index (χ0n) is 4.70. The highest BCUT2D eigenvalue weighted by Crippen LogP contribution is 1.70. The van der Waals surface area contributed by atoms with Gasteiger partial charge in [0.25, 0.3) is 0 Å². The molecule has 0 rings (SSSR count). The lowest BCUT2D eigenvalue weighted by molar-refractivity contribution is 0.148. The third kappa shape index (κ3) is 3.58. The van der Waals surface area contributed by atoms with Gasteiger partial charge in [-0.05, 0) is 0 Å². The first-order valence-corrected chi connectivity index (χ1v) is 2.30. The highest BCUT2D eigenvalue weighted by Gasteiger charge is 1.92. The minimum Gasteiger partial charge on any atom is -0.393 e. The Labute approximate surface area is 47.8 Å². The molecule has 0 saturated carbocycles. The monoisotopic (exact) mass is 118 g/mol. The molecule has 0 amide bonds. The molecule has 48 valence electrons. The number of hydrazone groups is 1. The van der Waals surface area contributed by atoms with Gasteiger partial charge in [0.1, 0.15) is 6.10 Å². The van der Waals surface area contributed by atoms with Crippen molar-refractivity contribution in [3.05, 3.63) is 0 Å². The zero-order valence-corrected chi connectivity index (χ0v) is 4.70. The van der Waals surface area contributed by atoms with Gasteiger partial charge in [-0.1, -0.05) is 0 Å². The lowest BCUT2D eigenvalue weighted by Crippen LogP contribution is -2.14. The maximum Gasteiger partial charge on any atom is 0.114 e. The summed E-state index contributed by atoms with van der Waals surface area (Å²) in [6, 6.07) is 0. The van der Waals surface area contributed by atoms with Gasteiger partial charge in [0.2, 0.25) is 0 Å². The summed E-state index contributed by atoms with van der Waals surface area (Å²) >= 11 is 0. The summed E-state index contributed by atoms with van der Waals surface area (Å²) in [6.07, 6.45) is 0.377. The van der Waals surface area contributed by atoms with Gasteiger partial charge >= 0.3 is 0 Å². The predicted octanol–water partition coefficient (Wildman–Crippen LogP) is -1.46. The summed E-state index contributed by atoms with van der Waals surface area (Å²) < 4.78 is 0. The number of hydrogen-bond donors (Lipinski definition) is 3. The summed E-state index contributed by atoms with van der Waals surface area (Å²) in [5.41, 5.74) is 2.43. The molecule has 4 heteroatoms. The van der Waals surface area contributed by atoms with Crippen LogP contribution in [0.5, 0.6) is 0 Å². The van der Waals surface area contributed by atoms with E-state index in [0.29, 0.717) is 0 Å². The van der Waals surface area contributed by atoms with Gasteiger partial charge in [0.15, 0.2) is 0 Å². The number of hydrogen-bond acceptors (Lipinski definition) is 4. The van der Waals surface area contributed by atoms with Crippen molar-refractivity contribution in [1.82, 2.24) is 5.43 Å². The molecular formula is C4H10N2O2. The molecule has 4 nitrogen and oxygen atoms in total. The fraction of sp³-hybridized carbons (Fsp3) is 0.750. The molecule has 0 aromatic rings. The molecule has 8 heavy (non-hydrogen) atoms. The van der Waals surface area contributed by atoms with Gasteiger partial charge in [-0.25, -0.2) is 0 Å². The van der Waals surface area contributed by atoms with Gasteiger partial charge in [-0.15, -0.1) is 0 Å². The number of rotatable bonds is 3. The Morgan fingerprint density at radius 1 is 1.88 bits per heavy atom. The Balaban J connectivity index is 3.21. The van der Waals surface area contributed by atoms with Crippen LogP contribution in [-0.4, -0.2) is 36.2 Å². The maximum absolute atomic E-state index is 8.55. The Morgan fingerprint density at radius 2 is 2.50 bits per heavy atom. The van der Waals surface area contributed by atoms with Crippen molar-refractivity contribution in [2.24, 2.45) is 5.10 Å². The zero-order chi connectivity index (χ0) is 6.41. The first-order chi connectivity index (χ1) is 3.81. The SMILES string of the molecule is CN/N=C/[C@H](O)CO. The molecule has 0 bridgehead atoms. The third-order valence-corrected chi connectivity index (χ3v) is 0.563. The maximum atomic E-state index is 8.55. The fourth-order valence-corrected chi connectivity index (χ4v) is 0.208. The van der Waals surface area contributed by atoms with Crippen LogP contribution in [0.4, 0.5) is 0 Å². The predicted molar refractivity (Wildman–Crippen MR) is 30.6 cm³/mol. The van der Waals surface area contributed by atoms with E-state index in [1.165, 1.54) is 6.21 Å². The largest absolute Gasteiger partial charge is 0.393 e. The minimum absolute atomic E-state index is 0.287. The molecule has 0 heterocycles. The second kappa shape index (κ2) is 4.55. The van der Waals surface area contributed by atoms with Crippen molar-refractivity contribution in [3.8, 4) is 0 Å². The van der Waals surface area contributed by atoms with E-state index in [1.54, 1.807) is 7.05 Å². The second-order valence-corrected chi connectivity index (χ2v) is 1.25. The van der Waals surface area contributed by atoms with Gasteiger partial charge in [0, 0.05) is 7.05 Å². The lowest BCUT2D eigenvalue weighted by atomic mass is 10.4. The first kappa shape index (κ1) is 7.39. The van der Waals surface area contributed by atoms with Crippen molar-refractivity contribution in [3.63, 3.8) is 0 Å². The number of aliphatic hydroxyl groups excluding tert-OH is 2. The Hall–Kier alpha value is -0.610. The van der Waals surface area contributed by atoms with E-state index in [1.807, 2.05) is 0 Å². The lowest BCUT2D eigenvalue weighted by Gasteiger charge is -1.95. The molecule has 1 atom stereocenters. The van der Waals surface area contributed by atoms with Crippen LogP contribution in [0, 0.1) is 0 Å². The summed E-state index contributed by atoms with van der Waals surface area (Å²) in [6.45, 7) is -0.287. The quantitative estimate of drug-likeness (QED) is 0.313. The van der Waals surface area contributed by atoms with Gasteiger partial charge in [0.05, 0.1) is 12.8 Å². The summed E-state index contributed by atoms with van der Waals surface area (Å²) in [4.78, 5) is 0. The average Bonchev–Trinajstić information content (AvgIpc) is 1.83. The normalized spacial score (nSPS) is 14.4. The molecule has 0 aliphatic rings. The topological polar surface area (TPSA) is 64.9 Å². The molecule has 0 aromatic carbocycles. The van der Waals surface area contributed by atoms with E-state index in [0.717, 1.165) is 0 Å². The van der Waals surface area contributed by atoms with E-state index >= 15 is 0 Å². The number of aliphatic hydroxyl groups is 2. The molecule has 0 radical (unpaired) electrons. The van der Waals surface area contributed by atoms with Crippen LogP contribution in [-0.2, 0) is 0 Å². The van der Waals surface area contributed by atoms with Crippen LogP contribution < -0.4 is 5.43 Å².